The molecule has 0 aromatic heterocycles. The average Bonchev–Trinajstić information content (AvgIpc) is 3.16. The molecule has 2 saturated heterocycles. The van der Waals surface area contributed by atoms with Crippen molar-refractivity contribution in [2.24, 2.45) is 5.41 Å². The third-order valence-electron chi connectivity index (χ3n) is 5.33. The third-order valence-corrected chi connectivity index (χ3v) is 6.79. The summed E-state index contributed by atoms with van der Waals surface area (Å²) < 4.78 is 28.6. The van der Waals surface area contributed by atoms with Crippen LogP contribution in [0.25, 0.3) is 0 Å². The molecule has 8 heteroatoms. The molecule has 1 aromatic carbocycles. The summed E-state index contributed by atoms with van der Waals surface area (Å²) in [7, 11) is 0. The Kier molecular flexibility index (Phi) is 6.41. The van der Waals surface area contributed by atoms with Gasteiger partial charge in [-0.2, -0.15) is 0 Å². The van der Waals surface area contributed by atoms with Gasteiger partial charge in [0.25, 0.3) is 0 Å². The first-order valence-electron chi connectivity index (χ1n) is 9.92. The van der Waals surface area contributed by atoms with Crippen LogP contribution in [0.1, 0.15) is 51.0 Å². The molecule has 0 saturated carbocycles. The van der Waals surface area contributed by atoms with Crippen molar-refractivity contribution in [3.05, 3.63) is 29.6 Å². The fraction of sp³-hybridized carbons (Fsp3) is 0.619. The predicted molar refractivity (Wildman–Crippen MR) is 110 cm³/mol. The first-order chi connectivity index (χ1) is 13.6. The second kappa shape index (κ2) is 8.50. The number of halogens is 2. The van der Waals surface area contributed by atoms with E-state index in [0.29, 0.717) is 30.8 Å². The largest absolute Gasteiger partial charge is 0.481 e. The first-order valence-corrected chi connectivity index (χ1v) is 10.9. The van der Waals surface area contributed by atoms with E-state index in [-0.39, 0.29) is 24.3 Å². The van der Waals surface area contributed by atoms with Gasteiger partial charge in [-0.25, -0.2) is 8.78 Å². The highest BCUT2D eigenvalue weighted by Crippen LogP contribution is 2.48. The van der Waals surface area contributed by atoms with E-state index in [4.69, 9.17) is 0 Å². The molecule has 2 aliphatic heterocycles. The lowest BCUT2D eigenvalue weighted by molar-refractivity contribution is -0.140. The van der Waals surface area contributed by atoms with Crippen molar-refractivity contribution >= 4 is 29.3 Å². The Balaban J connectivity index is 1.96. The van der Waals surface area contributed by atoms with E-state index in [1.807, 2.05) is 0 Å². The molecule has 2 aliphatic rings. The minimum Gasteiger partial charge on any atom is -0.481 e. The van der Waals surface area contributed by atoms with Crippen molar-refractivity contribution < 1.29 is 23.5 Å². The standard InChI is InChI=1S/C21H28F2N2O3S/c1-21(2,3)8-10-25-19(28)16(11-17(26)27)29-20(25)14-5-4-6-15(23)18(14)24-9-7-13(22)12-24/h4-6,13,16,20H,7-12H2,1-3H3,(H,26,27). The summed E-state index contributed by atoms with van der Waals surface area (Å²) >= 11 is 1.25. The Bertz CT molecular complexity index is 784. The second-order valence-corrected chi connectivity index (χ2v) is 10.2. The summed E-state index contributed by atoms with van der Waals surface area (Å²) in [6.07, 6.45) is -0.194. The van der Waals surface area contributed by atoms with E-state index in [9.17, 15) is 23.5 Å². The zero-order chi connectivity index (χ0) is 21.3. The number of hydrogen-bond acceptors (Lipinski definition) is 4. The van der Waals surface area contributed by atoms with Crippen molar-refractivity contribution in [3.63, 3.8) is 0 Å². The van der Waals surface area contributed by atoms with Gasteiger partial charge in [-0.15, -0.1) is 11.8 Å². The Labute approximate surface area is 174 Å². The van der Waals surface area contributed by atoms with E-state index in [1.165, 1.54) is 17.8 Å². The van der Waals surface area contributed by atoms with E-state index >= 15 is 0 Å². The molecule has 3 atom stereocenters. The number of amides is 1. The maximum atomic E-state index is 14.8. The number of rotatable bonds is 6. The van der Waals surface area contributed by atoms with Gasteiger partial charge in [0.05, 0.1) is 17.4 Å². The highest BCUT2D eigenvalue weighted by molar-refractivity contribution is 8.01. The van der Waals surface area contributed by atoms with Crippen LogP contribution in [-0.2, 0) is 9.59 Å². The molecule has 0 spiro atoms. The van der Waals surface area contributed by atoms with Crippen molar-refractivity contribution in [3.8, 4) is 0 Å². The van der Waals surface area contributed by atoms with Crippen molar-refractivity contribution in [2.45, 2.75) is 56.8 Å². The maximum absolute atomic E-state index is 14.8. The molecule has 0 radical (unpaired) electrons. The van der Waals surface area contributed by atoms with Crippen LogP contribution in [-0.4, -0.2) is 52.9 Å². The van der Waals surface area contributed by atoms with Gasteiger partial charge in [0.2, 0.25) is 5.91 Å². The molecule has 5 nitrogen and oxygen atoms in total. The molecule has 3 rings (SSSR count). The van der Waals surface area contributed by atoms with Crippen molar-refractivity contribution in [2.75, 3.05) is 24.5 Å². The zero-order valence-corrected chi connectivity index (χ0v) is 17.8. The van der Waals surface area contributed by atoms with Gasteiger partial charge < -0.3 is 14.9 Å². The lowest BCUT2D eigenvalue weighted by Gasteiger charge is -2.31. The number of carboxylic acids is 1. The smallest absolute Gasteiger partial charge is 0.305 e. The summed E-state index contributed by atoms with van der Waals surface area (Å²) in [6, 6.07) is 4.71. The topological polar surface area (TPSA) is 60.9 Å². The number of thioether (sulfide) groups is 1. The number of alkyl halides is 1. The fourth-order valence-electron chi connectivity index (χ4n) is 3.79. The molecular weight excluding hydrogens is 398 g/mol. The summed E-state index contributed by atoms with van der Waals surface area (Å²) in [5.41, 5.74) is 0.926. The summed E-state index contributed by atoms with van der Waals surface area (Å²) in [5, 5.41) is 8.01. The van der Waals surface area contributed by atoms with Crippen LogP contribution in [0, 0.1) is 11.2 Å². The van der Waals surface area contributed by atoms with E-state index < -0.39 is 28.6 Å². The van der Waals surface area contributed by atoms with E-state index in [2.05, 4.69) is 20.8 Å². The molecule has 160 valence electrons. The summed E-state index contributed by atoms with van der Waals surface area (Å²) in [5.74, 6) is -1.71. The van der Waals surface area contributed by atoms with Gasteiger partial charge in [0.15, 0.2) is 0 Å². The van der Waals surface area contributed by atoms with Gasteiger partial charge in [-0.3, -0.25) is 9.59 Å². The monoisotopic (exact) mass is 426 g/mol. The quantitative estimate of drug-likeness (QED) is 0.738. The van der Waals surface area contributed by atoms with Crippen LogP contribution in [0.2, 0.25) is 0 Å². The van der Waals surface area contributed by atoms with Crippen LogP contribution in [0.5, 0.6) is 0 Å². The van der Waals surface area contributed by atoms with E-state index in [0.717, 1.165) is 6.42 Å². The lowest BCUT2D eigenvalue weighted by atomic mass is 9.92. The third kappa shape index (κ3) is 5.02. The van der Waals surface area contributed by atoms with Crippen LogP contribution >= 0.6 is 11.8 Å². The average molecular weight is 427 g/mol. The van der Waals surface area contributed by atoms with Gasteiger partial charge in [0.1, 0.15) is 17.4 Å². The number of hydrogen-bond donors (Lipinski definition) is 1. The molecule has 1 aromatic rings. The molecule has 29 heavy (non-hydrogen) atoms. The van der Waals surface area contributed by atoms with Crippen LogP contribution in [0.15, 0.2) is 18.2 Å². The number of nitrogens with zero attached hydrogens (tertiary/aromatic N) is 2. The Morgan fingerprint density at radius 2 is 2.07 bits per heavy atom. The molecule has 1 N–H and O–H groups in total. The van der Waals surface area contributed by atoms with Gasteiger partial charge in [-0.05, 0) is 24.3 Å². The number of benzene rings is 1. The number of carbonyl (C=O) groups excluding carboxylic acids is 1. The highest BCUT2D eigenvalue weighted by Gasteiger charge is 2.44. The van der Waals surface area contributed by atoms with Crippen LogP contribution < -0.4 is 4.90 Å². The zero-order valence-electron chi connectivity index (χ0n) is 17.0. The first kappa shape index (κ1) is 21.9. The molecule has 0 aliphatic carbocycles. The Morgan fingerprint density at radius 3 is 2.66 bits per heavy atom. The lowest BCUT2D eigenvalue weighted by Crippen LogP contribution is -2.35. The van der Waals surface area contributed by atoms with Crippen LogP contribution in [0.3, 0.4) is 0 Å². The van der Waals surface area contributed by atoms with Crippen molar-refractivity contribution in [1.29, 1.82) is 0 Å². The molecule has 3 unspecified atom stereocenters. The SMILES string of the molecule is CC(C)(C)CCN1C(=O)C(CC(=O)O)SC1c1cccc(F)c1N1CCC(F)C1. The summed E-state index contributed by atoms with van der Waals surface area (Å²) in [4.78, 5) is 27.6. The minimum atomic E-state index is -1.04. The Hall–Kier alpha value is -1.83. The fourth-order valence-corrected chi connectivity index (χ4v) is 5.29. The molecule has 0 bridgehead atoms. The van der Waals surface area contributed by atoms with Gasteiger partial charge >= 0.3 is 5.97 Å². The summed E-state index contributed by atoms with van der Waals surface area (Å²) in [6.45, 7) is 7.22. The second-order valence-electron chi connectivity index (χ2n) is 8.93. The number of aliphatic carboxylic acids is 1. The number of para-hydroxylation sites is 1. The number of carboxylic acid groups (broad SMARTS) is 1. The molecule has 2 fully saturated rings. The molecular formula is C21H28F2N2O3S. The number of anilines is 1. The van der Waals surface area contributed by atoms with Gasteiger partial charge in [0, 0.05) is 25.2 Å². The molecule has 2 heterocycles. The maximum Gasteiger partial charge on any atom is 0.305 e. The Morgan fingerprint density at radius 1 is 1.34 bits per heavy atom. The van der Waals surface area contributed by atoms with Crippen molar-refractivity contribution in [1.82, 2.24) is 4.90 Å². The highest BCUT2D eigenvalue weighted by atomic mass is 32.2. The van der Waals surface area contributed by atoms with Crippen LogP contribution in [0.4, 0.5) is 14.5 Å². The normalized spacial score (nSPS) is 25.1. The van der Waals surface area contributed by atoms with Gasteiger partial charge in [-0.1, -0.05) is 32.9 Å². The van der Waals surface area contributed by atoms with E-state index in [1.54, 1.807) is 21.9 Å². The minimum absolute atomic E-state index is 0.0124. The number of carbonyl (C=O) groups is 2. The predicted octanol–water partition coefficient (Wildman–Crippen LogP) is 4.23. The molecule has 1 amide bonds.